The Hall–Kier alpha value is -2.64. The summed E-state index contributed by atoms with van der Waals surface area (Å²) in [6.45, 7) is 3.14. The first-order chi connectivity index (χ1) is 9.38. The maximum absolute atomic E-state index is 12.0. The fraction of sp³-hybridized carbons (Fsp3) is 0.333. The highest BCUT2D eigenvalue weighted by atomic mass is 16.6. The van der Waals surface area contributed by atoms with Crippen molar-refractivity contribution in [1.29, 1.82) is 0 Å². The molecule has 0 aliphatic rings. The zero-order valence-electron chi connectivity index (χ0n) is 11.0. The number of rotatable bonds is 6. The minimum absolute atomic E-state index is 0.0387. The van der Waals surface area contributed by atoms with Crippen LogP contribution in [0.1, 0.15) is 24.2 Å². The molecule has 1 atom stereocenters. The van der Waals surface area contributed by atoms with Crippen molar-refractivity contribution in [3.05, 3.63) is 33.9 Å². The first-order valence-corrected chi connectivity index (χ1v) is 5.82. The smallest absolute Gasteiger partial charge is 0.325 e. The summed E-state index contributed by atoms with van der Waals surface area (Å²) in [7, 11) is 0. The average molecular weight is 282 g/mol. The van der Waals surface area contributed by atoms with Gasteiger partial charge < -0.3 is 15.2 Å². The molecule has 0 aliphatic carbocycles. The van der Waals surface area contributed by atoms with Crippen LogP contribution < -0.4 is 10.1 Å². The molecule has 0 aliphatic heterocycles. The molecular weight excluding hydrogens is 268 g/mol. The highest BCUT2D eigenvalue weighted by Crippen LogP contribution is 2.28. The molecule has 0 saturated carbocycles. The molecular formula is C12H14N2O6. The van der Waals surface area contributed by atoms with Crippen molar-refractivity contribution in [3.8, 4) is 5.75 Å². The lowest BCUT2D eigenvalue weighted by Gasteiger charge is -2.12. The van der Waals surface area contributed by atoms with Gasteiger partial charge in [0.1, 0.15) is 11.8 Å². The Morgan fingerprint density at radius 1 is 1.50 bits per heavy atom. The van der Waals surface area contributed by atoms with E-state index in [-0.39, 0.29) is 17.9 Å². The molecule has 0 bridgehead atoms. The molecule has 0 fully saturated rings. The van der Waals surface area contributed by atoms with E-state index in [1.165, 1.54) is 19.1 Å². The van der Waals surface area contributed by atoms with E-state index < -0.39 is 28.5 Å². The molecule has 1 aromatic carbocycles. The van der Waals surface area contributed by atoms with Crippen molar-refractivity contribution in [2.75, 3.05) is 6.61 Å². The van der Waals surface area contributed by atoms with E-state index in [0.29, 0.717) is 0 Å². The fourth-order valence-corrected chi connectivity index (χ4v) is 1.51. The Bertz CT molecular complexity index is 543. The molecule has 0 unspecified atom stereocenters. The van der Waals surface area contributed by atoms with Gasteiger partial charge in [0.15, 0.2) is 5.56 Å². The predicted molar refractivity (Wildman–Crippen MR) is 68.8 cm³/mol. The highest BCUT2D eigenvalue weighted by Gasteiger charge is 2.27. The summed E-state index contributed by atoms with van der Waals surface area (Å²) in [6, 6.07) is 2.79. The van der Waals surface area contributed by atoms with Crippen molar-refractivity contribution < 1.29 is 24.4 Å². The molecule has 8 nitrogen and oxygen atoms in total. The van der Waals surface area contributed by atoms with Gasteiger partial charge in [-0.1, -0.05) is 6.07 Å². The average Bonchev–Trinajstić information content (AvgIpc) is 2.38. The number of nitrogens with one attached hydrogen (secondary N) is 1. The van der Waals surface area contributed by atoms with E-state index in [1.54, 1.807) is 6.92 Å². The lowest BCUT2D eigenvalue weighted by atomic mass is 10.1. The summed E-state index contributed by atoms with van der Waals surface area (Å²) < 4.78 is 5.18. The molecule has 108 valence electrons. The van der Waals surface area contributed by atoms with Crippen LogP contribution in [-0.4, -0.2) is 34.6 Å². The van der Waals surface area contributed by atoms with Gasteiger partial charge in [0.05, 0.1) is 11.5 Å². The van der Waals surface area contributed by atoms with Crippen LogP contribution in [0.2, 0.25) is 0 Å². The van der Waals surface area contributed by atoms with E-state index in [1.807, 2.05) is 0 Å². The third-order valence-electron chi connectivity index (χ3n) is 2.45. The van der Waals surface area contributed by atoms with Crippen LogP contribution in [-0.2, 0) is 4.79 Å². The van der Waals surface area contributed by atoms with Crippen LogP contribution in [0.25, 0.3) is 0 Å². The molecule has 0 radical (unpaired) electrons. The van der Waals surface area contributed by atoms with Crippen molar-refractivity contribution in [2.45, 2.75) is 19.9 Å². The molecule has 0 heterocycles. The van der Waals surface area contributed by atoms with Gasteiger partial charge in [-0.3, -0.25) is 19.7 Å². The Morgan fingerprint density at radius 3 is 2.65 bits per heavy atom. The SMILES string of the molecule is CCOc1cccc([N+](=O)[O-])c1C(=O)N[C@@H](C)C(=O)O. The third-order valence-corrected chi connectivity index (χ3v) is 2.45. The monoisotopic (exact) mass is 282 g/mol. The summed E-state index contributed by atoms with van der Waals surface area (Å²) in [5.41, 5.74) is -0.724. The molecule has 1 amide bonds. The first-order valence-electron chi connectivity index (χ1n) is 5.82. The number of ether oxygens (including phenoxy) is 1. The molecule has 1 rings (SSSR count). The second kappa shape index (κ2) is 6.50. The summed E-state index contributed by atoms with van der Waals surface area (Å²) in [5, 5.41) is 21.9. The van der Waals surface area contributed by atoms with E-state index in [4.69, 9.17) is 9.84 Å². The first kappa shape index (κ1) is 15.4. The van der Waals surface area contributed by atoms with Gasteiger partial charge in [-0.15, -0.1) is 0 Å². The van der Waals surface area contributed by atoms with Crippen LogP contribution in [0, 0.1) is 10.1 Å². The van der Waals surface area contributed by atoms with E-state index >= 15 is 0 Å². The highest BCUT2D eigenvalue weighted by molar-refractivity contribution is 6.02. The summed E-state index contributed by atoms with van der Waals surface area (Å²) >= 11 is 0. The van der Waals surface area contributed by atoms with Gasteiger partial charge in [-0.25, -0.2) is 0 Å². The number of nitro groups is 1. The van der Waals surface area contributed by atoms with E-state index in [0.717, 1.165) is 6.07 Å². The van der Waals surface area contributed by atoms with Gasteiger partial charge >= 0.3 is 5.97 Å². The molecule has 0 aromatic heterocycles. The molecule has 2 N–H and O–H groups in total. The van der Waals surface area contributed by atoms with Gasteiger partial charge in [-0.2, -0.15) is 0 Å². The number of carboxylic acid groups (broad SMARTS) is 1. The number of aliphatic carboxylic acids is 1. The number of hydrogen-bond acceptors (Lipinski definition) is 5. The lowest BCUT2D eigenvalue weighted by Crippen LogP contribution is -2.38. The maximum Gasteiger partial charge on any atom is 0.325 e. The van der Waals surface area contributed by atoms with Crippen LogP contribution in [0.5, 0.6) is 5.75 Å². The zero-order chi connectivity index (χ0) is 15.3. The Kier molecular flexibility index (Phi) is 5.01. The zero-order valence-corrected chi connectivity index (χ0v) is 11.0. The Labute approximate surface area is 114 Å². The third kappa shape index (κ3) is 3.44. The second-order valence-electron chi connectivity index (χ2n) is 3.87. The number of nitro benzene ring substituents is 1. The Morgan fingerprint density at radius 2 is 2.15 bits per heavy atom. The van der Waals surface area contributed by atoms with Crippen molar-refractivity contribution in [2.24, 2.45) is 0 Å². The van der Waals surface area contributed by atoms with Crippen molar-refractivity contribution in [1.82, 2.24) is 5.32 Å². The lowest BCUT2D eigenvalue weighted by molar-refractivity contribution is -0.385. The topological polar surface area (TPSA) is 119 Å². The van der Waals surface area contributed by atoms with E-state index in [9.17, 15) is 19.7 Å². The molecule has 1 aromatic rings. The van der Waals surface area contributed by atoms with Gasteiger partial charge in [0.25, 0.3) is 11.6 Å². The molecule has 8 heteroatoms. The number of benzene rings is 1. The maximum atomic E-state index is 12.0. The van der Waals surface area contributed by atoms with Crippen LogP contribution >= 0.6 is 0 Å². The standard InChI is InChI=1S/C12H14N2O6/c1-3-20-9-6-4-5-8(14(18)19)10(9)11(15)13-7(2)12(16)17/h4-7H,3H2,1-2H3,(H,13,15)(H,16,17)/t7-/m0/s1. The van der Waals surface area contributed by atoms with Crippen LogP contribution in [0.3, 0.4) is 0 Å². The van der Waals surface area contributed by atoms with Gasteiger partial charge in [0, 0.05) is 6.07 Å². The predicted octanol–water partition coefficient (Wildman–Crippen LogP) is 1.20. The second-order valence-corrected chi connectivity index (χ2v) is 3.87. The quantitative estimate of drug-likeness (QED) is 0.597. The van der Waals surface area contributed by atoms with Crippen LogP contribution in [0.15, 0.2) is 18.2 Å². The van der Waals surface area contributed by atoms with Crippen LogP contribution in [0.4, 0.5) is 5.69 Å². The van der Waals surface area contributed by atoms with Gasteiger partial charge in [-0.05, 0) is 19.9 Å². The van der Waals surface area contributed by atoms with E-state index in [2.05, 4.69) is 5.32 Å². The normalized spacial score (nSPS) is 11.5. The number of carbonyl (C=O) groups is 2. The summed E-state index contributed by atoms with van der Waals surface area (Å²) in [6.07, 6.45) is 0. The van der Waals surface area contributed by atoms with Crippen molar-refractivity contribution in [3.63, 3.8) is 0 Å². The largest absolute Gasteiger partial charge is 0.493 e. The minimum atomic E-state index is -1.24. The fourth-order valence-electron chi connectivity index (χ4n) is 1.51. The molecule has 20 heavy (non-hydrogen) atoms. The summed E-state index contributed by atoms with van der Waals surface area (Å²) in [4.78, 5) is 33.0. The minimum Gasteiger partial charge on any atom is -0.493 e. The van der Waals surface area contributed by atoms with Gasteiger partial charge in [0.2, 0.25) is 0 Å². The Balaban J connectivity index is 3.21. The summed E-state index contributed by atoms with van der Waals surface area (Å²) in [5.74, 6) is -2.07. The van der Waals surface area contributed by atoms with Crippen molar-refractivity contribution >= 4 is 17.6 Å². The number of carboxylic acids is 1. The number of nitrogens with zero attached hydrogens (tertiary/aromatic N) is 1. The molecule has 0 spiro atoms. The molecule has 0 saturated heterocycles. The number of hydrogen-bond donors (Lipinski definition) is 2. The number of amides is 1. The number of carbonyl (C=O) groups excluding carboxylic acids is 1.